The van der Waals surface area contributed by atoms with Gasteiger partial charge in [0.2, 0.25) is 0 Å². The van der Waals surface area contributed by atoms with Crippen molar-refractivity contribution in [3.63, 3.8) is 0 Å². The molecule has 0 aliphatic heterocycles. The van der Waals surface area contributed by atoms with Gasteiger partial charge in [0.25, 0.3) is 0 Å². The lowest BCUT2D eigenvalue weighted by atomic mass is 10.0. The summed E-state index contributed by atoms with van der Waals surface area (Å²) < 4.78 is 0. The van der Waals surface area contributed by atoms with Crippen LogP contribution in [0.25, 0.3) is 10.9 Å². The van der Waals surface area contributed by atoms with E-state index in [1.54, 1.807) is 0 Å². The molecule has 0 amide bonds. The molecule has 2 aromatic carbocycles. The SMILES string of the molecule is Clc1ccc(Cc2ccc3ncccc3c2)cc1. The molecule has 0 radical (unpaired) electrons. The summed E-state index contributed by atoms with van der Waals surface area (Å²) in [6.45, 7) is 0. The van der Waals surface area contributed by atoms with Crippen LogP contribution in [-0.4, -0.2) is 4.98 Å². The Morgan fingerprint density at radius 2 is 1.67 bits per heavy atom. The molecule has 18 heavy (non-hydrogen) atoms. The lowest BCUT2D eigenvalue weighted by Gasteiger charge is -2.04. The number of nitrogens with zero attached hydrogens (tertiary/aromatic N) is 1. The van der Waals surface area contributed by atoms with Gasteiger partial charge in [-0.25, -0.2) is 0 Å². The Kier molecular flexibility index (Phi) is 2.99. The third kappa shape index (κ3) is 2.36. The summed E-state index contributed by atoms with van der Waals surface area (Å²) in [7, 11) is 0. The first-order valence-electron chi connectivity index (χ1n) is 5.89. The molecule has 1 aromatic heterocycles. The van der Waals surface area contributed by atoms with E-state index in [0.717, 1.165) is 17.0 Å². The molecular formula is C16H12ClN. The van der Waals surface area contributed by atoms with Crippen molar-refractivity contribution in [2.75, 3.05) is 0 Å². The summed E-state index contributed by atoms with van der Waals surface area (Å²) in [5, 5.41) is 1.96. The van der Waals surface area contributed by atoms with Crippen LogP contribution >= 0.6 is 11.6 Å². The highest BCUT2D eigenvalue weighted by atomic mass is 35.5. The molecule has 3 aromatic rings. The molecule has 0 spiro atoms. The number of pyridine rings is 1. The third-order valence-electron chi connectivity index (χ3n) is 2.99. The predicted octanol–water partition coefficient (Wildman–Crippen LogP) is 4.48. The summed E-state index contributed by atoms with van der Waals surface area (Å²) in [5.41, 5.74) is 3.60. The van der Waals surface area contributed by atoms with Crippen LogP contribution in [0.2, 0.25) is 5.02 Å². The molecule has 1 nitrogen and oxygen atoms in total. The van der Waals surface area contributed by atoms with Crippen LogP contribution in [-0.2, 0) is 6.42 Å². The average Bonchev–Trinajstić information content (AvgIpc) is 2.41. The molecule has 88 valence electrons. The molecule has 0 N–H and O–H groups in total. The Morgan fingerprint density at radius 3 is 2.50 bits per heavy atom. The van der Waals surface area contributed by atoms with Crippen LogP contribution in [0, 0.1) is 0 Å². The van der Waals surface area contributed by atoms with Gasteiger partial charge < -0.3 is 0 Å². The standard InChI is InChI=1S/C16H12ClN/c17-15-6-3-12(4-7-15)10-13-5-8-16-14(11-13)2-1-9-18-16/h1-9,11H,10H2. The number of hydrogen-bond acceptors (Lipinski definition) is 1. The predicted molar refractivity (Wildman–Crippen MR) is 76.0 cm³/mol. The van der Waals surface area contributed by atoms with Crippen molar-refractivity contribution in [3.05, 3.63) is 76.9 Å². The van der Waals surface area contributed by atoms with Crippen molar-refractivity contribution in [3.8, 4) is 0 Å². The smallest absolute Gasteiger partial charge is 0.0702 e. The lowest BCUT2D eigenvalue weighted by molar-refractivity contribution is 1.20. The van der Waals surface area contributed by atoms with Gasteiger partial charge in [-0.15, -0.1) is 0 Å². The topological polar surface area (TPSA) is 12.9 Å². The van der Waals surface area contributed by atoms with E-state index >= 15 is 0 Å². The molecule has 0 saturated heterocycles. The summed E-state index contributed by atoms with van der Waals surface area (Å²) in [4.78, 5) is 4.32. The minimum absolute atomic E-state index is 0.779. The fraction of sp³-hybridized carbons (Fsp3) is 0.0625. The molecule has 1 heterocycles. The largest absolute Gasteiger partial charge is 0.256 e. The first-order chi connectivity index (χ1) is 8.81. The molecule has 0 atom stereocenters. The lowest BCUT2D eigenvalue weighted by Crippen LogP contribution is -1.88. The zero-order chi connectivity index (χ0) is 12.4. The molecular weight excluding hydrogens is 242 g/mol. The van der Waals surface area contributed by atoms with Crippen molar-refractivity contribution >= 4 is 22.5 Å². The zero-order valence-corrected chi connectivity index (χ0v) is 10.6. The van der Waals surface area contributed by atoms with Gasteiger partial charge in [0.15, 0.2) is 0 Å². The average molecular weight is 254 g/mol. The molecule has 0 unspecified atom stereocenters. The van der Waals surface area contributed by atoms with E-state index in [1.807, 2.05) is 24.4 Å². The van der Waals surface area contributed by atoms with E-state index in [4.69, 9.17) is 11.6 Å². The summed E-state index contributed by atoms with van der Waals surface area (Å²) in [5.74, 6) is 0. The second-order valence-electron chi connectivity index (χ2n) is 4.33. The number of benzene rings is 2. The van der Waals surface area contributed by atoms with Gasteiger partial charge in [-0.1, -0.05) is 35.9 Å². The van der Waals surface area contributed by atoms with Gasteiger partial charge in [-0.05, 0) is 47.9 Å². The Balaban J connectivity index is 1.92. The van der Waals surface area contributed by atoms with E-state index < -0.39 is 0 Å². The molecule has 3 rings (SSSR count). The number of fused-ring (bicyclic) bond motifs is 1. The number of aromatic nitrogens is 1. The van der Waals surface area contributed by atoms with E-state index in [-0.39, 0.29) is 0 Å². The normalized spacial score (nSPS) is 10.7. The monoisotopic (exact) mass is 253 g/mol. The molecule has 0 fully saturated rings. The van der Waals surface area contributed by atoms with Crippen LogP contribution in [0.3, 0.4) is 0 Å². The van der Waals surface area contributed by atoms with Gasteiger partial charge >= 0.3 is 0 Å². The Morgan fingerprint density at radius 1 is 0.889 bits per heavy atom. The van der Waals surface area contributed by atoms with E-state index in [0.29, 0.717) is 0 Å². The van der Waals surface area contributed by atoms with Crippen molar-refractivity contribution in [2.45, 2.75) is 6.42 Å². The first-order valence-corrected chi connectivity index (χ1v) is 6.27. The van der Waals surface area contributed by atoms with Crippen LogP contribution in [0.1, 0.15) is 11.1 Å². The highest BCUT2D eigenvalue weighted by Gasteiger charge is 1.99. The molecule has 2 heteroatoms. The van der Waals surface area contributed by atoms with Crippen LogP contribution < -0.4 is 0 Å². The highest BCUT2D eigenvalue weighted by molar-refractivity contribution is 6.30. The number of hydrogen-bond donors (Lipinski definition) is 0. The molecule has 0 aliphatic rings. The summed E-state index contributed by atoms with van der Waals surface area (Å²) in [6, 6.07) is 18.4. The Hall–Kier alpha value is -1.86. The van der Waals surface area contributed by atoms with Crippen molar-refractivity contribution in [2.24, 2.45) is 0 Å². The van der Waals surface area contributed by atoms with Gasteiger partial charge in [-0.3, -0.25) is 4.98 Å². The number of halogens is 1. The Bertz CT molecular complexity index is 674. The fourth-order valence-electron chi connectivity index (χ4n) is 2.07. The van der Waals surface area contributed by atoms with Crippen molar-refractivity contribution in [1.82, 2.24) is 4.98 Å². The van der Waals surface area contributed by atoms with Crippen LogP contribution in [0.5, 0.6) is 0 Å². The molecule has 0 bridgehead atoms. The zero-order valence-electron chi connectivity index (χ0n) is 9.81. The van der Waals surface area contributed by atoms with Crippen LogP contribution in [0.15, 0.2) is 60.8 Å². The third-order valence-corrected chi connectivity index (χ3v) is 3.24. The maximum atomic E-state index is 5.88. The second-order valence-corrected chi connectivity index (χ2v) is 4.77. The summed E-state index contributed by atoms with van der Waals surface area (Å²) in [6.07, 6.45) is 2.74. The molecule has 0 saturated carbocycles. The summed E-state index contributed by atoms with van der Waals surface area (Å²) >= 11 is 5.88. The van der Waals surface area contributed by atoms with E-state index in [2.05, 4.69) is 41.4 Å². The van der Waals surface area contributed by atoms with Gasteiger partial charge in [0, 0.05) is 16.6 Å². The van der Waals surface area contributed by atoms with Gasteiger partial charge in [0.05, 0.1) is 5.52 Å². The van der Waals surface area contributed by atoms with Crippen molar-refractivity contribution in [1.29, 1.82) is 0 Å². The maximum absolute atomic E-state index is 5.88. The quantitative estimate of drug-likeness (QED) is 0.656. The van der Waals surface area contributed by atoms with Gasteiger partial charge in [-0.2, -0.15) is 0 Å². The fourth-order valence-corrected chi connectivity index (χ4v) is 2.20. The maximum Gasteiger partial charge on any atom is 0.0702 e. The van der Waals surface area contributed by atoms with E-state index in [1.165, 1.54) is 16.5 Å². The van der Waals surface area contributed by atoms with Crippen molar-refractivity contribution < 1.29 is 0 Å². The highest BCUT2D eigenvalue weighted by Crippen LogP contribution is 2.17. The number of rotatable bonds is 2. The molecule has 0 aliphatic carbocycles. The van der Waals surface area contributed by atoms with E-state index in [9.17, 15) is 0 Å². The minimum atomic E-state index is 0.779. The first kappa shape index (κ1) is 11.2. The van der Waals surface area contributed by atoms with Gasteiger partial charge in [0.1, 0.15) is 0 Å². The minimum Gasteiger partial charge on any atom is -0.256 e. The van der Waals surface area contributed by atoms with Crippen LogP contribution in [0.4, 0.5) is 0 Å². The second kappa shape index (κ2) is 4.79. The Labute approximate surface area is 111 Å².